The highest BCUT2D eigenvalue weighted by Crippen LogP contribution is 2.09. The molecular formula is C8H17NO4S. The lowest BCUT2D eigenvalue weighted by Gasteiger charge is -2.06. The summed E-state index contributed by atoms with van der Waals surface area (Å²) in [6, 6.07) is 0. The molecule has 0 aromatic heterocycles. The van der Waals surface area contributed by atoms with Crippen LogP contribution in [-0.2, 0) is 19.2 Å². The Bertz CT molecular complexity index is 273. The Morgan fingerprint density at radius 1 is 1.43 bits per heavy atom. The van der Waals surface area contributed by atoms with E-state index in [-0.39, 0.29) is 17.5 Å². The van der Waals surface area contributed by atoms with Crippen LogP contribution in [0.4, 0.5) is 0 Å². The van der Waals surface area contributed by atoms with Gasteiger partial charge in [-0.2, -0.15) is 18.6 Å². The second-order valence-corrected chi connectivity index (χ2v) is 5.08. The van der Waals surface area contributed by atoms with Crippen LogP contribution < -0.4 is 5.90 Å². The number of rotatable bonds is 7. The lowest BCUT2D eigenvalue weighted by Crippen LogP contribution is -2.15. The molecule has 0 fully saturated rings. The summed E-state index contributed by atoms with van der Waals surface area (Å²) < 4.78 is 25.3. The lowest BCUT2D eigenvalue weighted by atomic mass is 10.0. The Hall–Kier alpha value is -0.460. The molecule has 0 bridgehead atoms. The van der Waals surface area contributed by atoms with Crippen LogP contribution in [-0.4, -0.2) is 20.0 Å². The number of hydrogen-bond acceptors (Lipinski definition) is 5. The predicted molar refractivity (Wildman–Crippen MR) is 52.8 cm³/mol. The Morgan fingerprint density at radius 2 is 2.00 bits per heavy atom. The van der Waals surface area contributed by atoms with Gasteiger partial charge >= 0.3 is 0 Å². The van der Waals surface area contributed by atoms with Crippen molar-refractivity contribution >= 4 is 15.9 Å². The van der Waals surface area contributed by atoms with Gasteiger partial charge in [0.05, 0.1) is 5.75 Å². The molecule has 5 nitrogen and oxygen atoms in total. The molecule has 0 aliphatic carbocycles. The highest BCUT2D eigenvalue weighted by Gasteiger charge is 2.11. The molecule has 84 valence electrons. The van der Waals surface area contributed by atoms with Gasteiger partial charge in [0.1, 0.15) is 5.78 Å². The molecule has 1 atom stereocenters. The van der Waals surface area contributed by atoms with Crippen molar-refractivity contribution in [3.8, 4) is 0 Å². The number of carbonyl (C=O) groups excluding carboxylic acids is 1. The largest absolute Gasteiger partial charge is 0.300 e. The first-order valence-corrected chi connectivity index (χ1v) is 6.08. The standard InChI is InChI=1S/C8H17NO4S/c1-7(8(2)10)5-3-4-6-14(11,12)13-9/h7H,3-6,9H2,1-2H3. The van der Waals surface area contributed by atoms with E-state index in [1.54, 1.807) is 0 Å². The van der Waals surface area contributed by atoms with Crippen LogP contribution in [0.3, 0.4) is 0 Å². The fraction of sp³-hybridized carbons (Fsp3) is 0.875. The molecule has 1 unspecified atom stereocenters. The van der Waals surface area contributed by atoms with Crippen LogP contribution in [0.5, 0.6) is 0 Å². The van der Waals surface area contributed by atoms with Gasteiger partial charge in [0.25, 0.3) is 10.1 Å². The number of nitrogens with two attached hydrogens (primary N) is 1. The summed E-state index contributed by atoms with van der Waals surface area (Å²) in [4.78, 5) is 10.8. The van der Waals surface area contributed by atoms with Gasteiger partial charge in [0.15, 0.2) is 0 Å². The molecule has 0 aliphatic heterocycles. The predicted octanol–water partition coefficient (Wildman–Crippen LogP) is 0.602. The fourth-order valence-corrected chi connectivity index (χ4v) is 1.63. The van der Waals surface area contributed by atoms with Crippen LogP contribution in [0, 0.1) is 5.92 Å². The number of carbonyl (C=O) groups is 1. The molecule has 0 spiro atoms. The quantitative estimate of drug-likeness (QED) is 0.504. The molecule has 2 N–H and O–H groups in total. The first-order valence-electron chi connectivity index (χ1n) is 4.50. The summed E-state index contributed by atoms with van der Waals surface area (Å²) in [5, 5.41) is 0. The first kappa shape index (κ1) is 13.5. The average molecular weight is 223 g/mol. The van der Waals surface area contributed by atoms with Gasteiger partial charge in [-0.1, -0.05) is 13.3 Å². The Kier molecular flexibility index (Phi) is 5.90. The van der Waals surface area contributed by atoms with Crippen molar-refractivity contribution in [3.63, 3.8) is 0 Å². The van der Waals surface area contributed by atoms with Gasteiger partial charge in [0.2, 0.25) is 0 Å². The highest BCUT2D eigenvalue weighted by molar-refractivity contribution is 7.86. The van der Waals surface area contributed by atoms with Crippen molar-refractivity contribution in [1.29, 1.82) is 0 Å². The zero-order valence-electron chi connectivity index (χ0n) is 8.52. The van der Waals surface area contributed by atoms with E-state index >= 15 is 0 Å². The molecule has 6 heteroatoms. The SMILES string of the molecule is CC(=O)C(C)CCCCS(=O)(=O)ON. The van der Waals surface area contributed by atoms with Crippen molar-refractivity contribution in [1.82, 2.24) is 0 Å². The van der Waals surface area contributed by atoms with Gasteiger partial charge in [-0.15, -0.1) is 0 Å². The third-order valence-electron chi connectivity index (χ3n) is 2.12. The van der Waals surface area contributed by atoms with Crippen molar-refractivity contribution in [2.75, 3.05) is 5.75 Å². The zero-order chi connectivity index (χ0) is 11.2. The van der Waals surface area contributed by atoms with Crippen molar-refractivity contribution in [2.45, 2.75) is 33.1 Å². The highest BCUT2D eigenvalue weighted by atomic mass is 32.2. The van der Waals surface area contributed by atoms with Crippen molar-refractivity contribution < 1.29 is 17.5 Å². The number of ketones is 1. The van der Waals surface area contributed by atoms with E-state index in [4.69, 9.17) is 0 Å². The number of Topliss-reactive ketones (excluding diaryl/α,β-unsaturated/α-hetero) is 1. The molecule has 0 aromatic rings. The Morgan fingerprint density at radius 3 is 2.43 bits per heavy atom. The molecule has 0 radical (unpaired) electrons. The molecule has 0 rings (SSSR count). The zero-order valence-corrected chi connectivity index (χ0v) is 9.34. The van der Waals surface area contributed by atoms with Crippen LogP contribution in [0.15, 0.2) is 0 Å². The average Bonchev–Trinajstić information content (AvgIpc) is 2.12. The lowest BCUT2D eigenvalue weighted by molar-refractivity contribution is -0.120. The van der Waals surface area contributed by atoms with E-state index in [1.807, 2.05) is 6.92 Å². The van der Waals surface area contributed by atoms with Crippen LogP contribution >= 0.6 is 0 Å². The van der Waals surface area contributed by atoms with E-state index in [1.165, 1.54) is 6.92 Å². The molecule has 0 amide bonds. The third kappa shape index (κ3) is 6.06. The maximum Gasteiger partial charge on any atom is 0.283 e. The minimum atomic E-state index is -3.54. The van der Waals surface area contributed by atoms with Gasteiger partial charge in [-0.3, -0.25) is 4.79 Å². The van der Waals surface area contributed by atoms with Crippen molar-refractivity contribution in [2.24, 2.45) is 11.8 Å². The fourth-order valence-electron chi connectivity index (χ4n) is 0.981. The summed E-state index contributed by atoms with van der Waals surface area (Å²) in [7, 11) is -3.54. The normalized spacial score (nSPS) is 13.9. The monoisotopic (exact) mass is 223 g/mol. The second kappa shape index (κ2) is 6.10. The molecule has 0 saturated carbocycles. The Balaban J connectivity index is 3.62. The first-order chi connectivity index (χ1) is 6.39. The Labute approximate surface area is 84.7 Å². The summed E-state index contributed by atoms with van der Waals surface area (Å²) in [6.45, 7) is 3.36. The summed E-state index contributed by atoms with van der Waals surface area (Å²) in [5.41, 5.74) is 0. The molecule has 0 saturated heterocycles. The van der Waals surface area contributed by atoms with E-state index in [2.05, 4.69) is 10.2 Å². The van der Waals surface area contributed by atoms with Crippen LogP contribution in [0.1, 0.15) is 33.1 Å². The third-order valence-corrected chi connectivity index (χ3v) is 3.20. The summed E-state index contributed by atoms with van der Waals surface area (Å²) >= 11 is 0. The van der Waals surface area contributed by atoms with E-state index in [9.17, 15) is 13.2 Å². The molecule has 14 heavy (non-hydrogen) atoms. The minimum absolute atomic E-state index is 0.00324. The minimum Gasteiger partial charge on any atom is -0.300 e. The molecule has 0 aliphatic rings. The molecule has 0 heterocycles. The number of hydrogen-bond donors (Lipinski definition) is 1. The van der Waals surface area contributed by atoms with Gasteiger partial charge in [0, 0.05) is 5.92 Å². The van der Waals surface area contributed by atoms with E-state index < -0.39 is 10.1 Å². The summed E-state index contributed by atoms with van der Waals surface area (Å²) in [6.07, 6.45) is 1.86. The van der Waals surface area contributed by atoms with E-state index in [0.717, 1.165) is 0 Å². The van der Waals surface area contributed by atoms with Crippen molar-refractivity contribution in [3.05, 3.63) is 0 Å². The van der Waals surface area contributed by atoms with Crippen LogP contribution in [0.2, 0.25) is 0 Å². The maximum absolute atomic E-state index is 10.8. The van der Waals surface area contributed by atoms with E-state index in [0.29, 0.717) is 19.3 Å². The smallest absolute Gasteiger partial charge is 0.283 e. The number of unbranched alkanes of at least 4 members (excludes halogenated alkanes) is 1. The topological polar surface area (TPSA) is 86.5 Å². The molecular weight excluding hydrogens is 206 g/mol. The van der Waals surface area contributed by atoms with Gasteiger partial charge in [-0.05, 0) is 19.8 Å². The summed E-state index contributed by atoms with van der Waals surface area (Å²) in [5.74, 6) is 4.59. The van der Waals surface area contributed by atoms with Gasteiger partial charge < -0.3 is 0 Å². The molecule has 0 aromatic carbocycles. The van der Waals surface area contributed by atoms with Gasteiger partial charge in [-0.25, -0.2) is 0 Å². The van der Waals surface area contributed by atoms with Crippen LogP contribution in [0.25, 0.3) is 0 Å². The maximum atomic E-state index is 10.8. The second-order valence-electron chi connectivity index (χ2n) is 3.37.